The lowest BCUT2D eigenvalue weighted by Gasteiger charge is -2.22. The number of likely N-dealkylation sites (tertiary alicyclic amines) is 1. The topological polar surface area (TPSA) is 84.1 Å². The third-order valence-corrected chi connectivity index (χ3v) is 4.35. The predicted octanol–water partition coefficient (Wildman–Crippen LogP) is 1.10. The molecule has 1 aromatic carbocycles. The summed E-state index contributed by atoms with van der Waals surface area (Å²) < 4.78 is 0. The fraction of sp³-hybridized carbons (Fsp3) is 0.389. The molecule has 3 rings (SSSR count). The van der Waals surface area contributed by atoms with Crippen LogP contribution in [-0.4, -0.2) is 46.5 Å². The third kappa shape index (κ3) is 3.60. The summed E-state index contributed by atoms with van der Waals surface area (Å²) in [6.45, 7) is 3.38. The molecule has 0 unspecified atom stereocenters. The minimum atomic E-state index is -0.179. The molecule has 2 atom stereocenters. The van der Waals surface area contributed by atoms with Gasteiger partial charge >= 0.3 is 0 Å². The Kier molecular flexibility index (Phi) is 4.87. The molecule has 0 radical (unpaired) electrons. The monoisotopic (exact) mass is 325 g/mol. The minimum absolute atomic E-state index is 0.0141. The normalized spacial score (nSPS) is 21.0. The fourth-order valence-electron chi connectivity index (χ4n) is 3.16. The molecule has 1 amide bonds. The summed E-state index contributed by atoms with van der Waals surface area (Å²) in [6.07, 6.45) is 4.34. The molecular weight excluding hydrogens is 302 g/mol. The van der Waals surface area contributed by atoms with Crippen molar-refractivity contribution in [1.82, 2.24) is 20.2 Å². The van der Waals surface area contributed by atoms with E-state index in [4.69, 9.17) is 5.73 Å². The SMILES string of the molecule is CNC(=O)[C@@H]1C[C@@H](N)CN1Cc1cnc(-c2cccc(C)c2)nc1. The summed E-state index contributed by atoms with van der Waals surface area (Å²) in [4.78, 5) is 23.0. The number of carbonyl (C=O) groups excluding carboxylic acids is 1. The molecule has 0 spiro atoms. The Hall–Kier alpha value is -2.31. The summed E-state index contributed by atoms with van der Waals surface area (Å²) in [5.41, 5.74) is 9.19. The van der Waals surface area contributed by atoms with Crippen molar-refractivity contribution in [3.63, 3.8) is 0 Å². The molecule has 1 aromatic heterocycles. The molecular formula is C18H23N5O. The fourth-order valence-corrected chi connectivity index (χ4v) is 3.16. The maximum Gasteiger partial charge on any atom is 0.237 e. The maximum atomic E-state index is 12.0. The number of aryl methyl sites for hydroxylation is 1. The van der Waals surface area contributed by atoms with E-state index in [-0.39, 0.29) is 18.0 Å². The van der Waals surface area contributed by atoms with Crippen LogP contribution in [0.25, 0.3) is 11.4 Å². The molecule has 1 fully saturated rings. The van der Waals surface area contributed by atoms with E-state index in [0.717, 1.165) is 11.1 Å². The lowest BCUT2D eigenvalue weighted by Crippen LogP contribution is -2.41. The van der Waals surface area contributed by atoms with Gasteiger partial charge in [-0.05, 0) is 19.4 Å². The lowest BCUT2D eigenvalue weighted by atomic mass is 10.1. The average Bonchev–Trinajstić information content (AvgIpc) is 2.95. The van der Waals surface area contributed by atoms with Crippen molar-refractivity contribution in [2.45, 2.75) is 32.0 Å². The Morgan fingerprint density at radius 1 is 1.38 bits per heavy atom. The number of hydrogen-bond acceptors (Lipinski definition) is 5. The molecule has 1 aliphatic rings. The van der Waals surface area contributed by atoms with Crippen molar-refractivity contribution in [2.24, 2.45) is 5.73 Å². The van der Waals surface area contributed by atoms with Crippen LogP contribution in [0.5, 0.6) is 0 Å². The highest BCUT2D eigenvalue weighted by molar-refractivity contribution is 5.81. The van der Waals surface area contributed by atoms with E-state index in [9.17, 15) is 4.79 Å². The smallest absolute Gasteiger partial charge is 0.237 e. The number of carbonyl (C=O) groups is 1. The molecule has 6 heteroatoms. The van der Waals surface area contributed by atoms with Gasteiger partial charge in [-0.1, -0.05) is 23.8 Å². The van der Waals surface area contributed by atoms with E-state index in [0.29, 0.717) is 25.3 Å². The van der Waals surface area contributed by atoms with Crippen LogP contribution in [0.2, 0.25) is 0 Å². The van der Waals surface area contributed by atoms with Gasteiger partial charge in [-0.2, -0.15) is 0 Å². The summed E-state index contributed by atoms with van der Waals surface area (Å²) in [5.74, 6) is 0.726. The Bertz CT molecular complexity index is 716. The van der Waals surface area contributed by atoms with Gasteiger partial charge in [-0.25, -0.2) is 9.97 Å². The Morgan fingerprint density at radius 3 is 2.79 bits per heavy atom. The highest BCUT2D eigenvalue weighted by Gasteiger charge is 2.34. The third-order valence-electron chi connectivity index (χ3n) is 4.35. The zero-order valence-electron chi connectivity index (χ0n) is 14.1. The van der Waals surface area contributed by atoms with E-state index < -0.39 is 0 Å². The minimum Gasteiger partial charge on any atom is -0.358 e. The van der Waals surface area contributed by atoms with Crippen molar-refractivity contribution < 1.29 is 4.79 Å². The number of aromatic nitrogens is 2. The molecule has 1 saturated heterocycles. The van der Waals surface area contributed by atoms with Crippen LogP contribution < -0.4 is 11.1 Å². The second-order valence-corrected chi connectivity index (χ2v) is 6.34. The van der Waals surface area contributed by atoms with Gasteiger partial charge < -0.3 is 11.1 Å². The molecule has 24 heavy (non-hydrogen) atoms. The zero-order chi connectivity index (χ0) is 17.1. The summed E-state index contributed by atoms with van der Waals surface area (Å²) in [5, 5.41) is 2.71. The Balaban J connectivity index is 1.73. The number of likely N-dealkylation sites (N-methyl/N-ethyl adjacent to an activating group) is 1. The van der Waals surface area contributed by atoms with Gasteiger partial charge in [0.15, 0.2) is 5.82 Å². The average molecular weight is 325 g/mol. The van der Waals surface area contributed by atoms with E-state index in [1.807, 2.05) is 37.5 Å². The largest absolute Gasteiger partial charge is 0.358 e. The molecule has 2 heterocycles. The number of nitrogens with zero attached hydrogens (tertiary/aromatic N) is 3. The first-order chi connectivity index (χ1) is 11.6. The molecule has 0 bridgehead atoms. The number of benzene rings is 1. The number of amides is 1. The predicted molar refractivity (Wildman–Crippen MR) is 93.1 cm³/mol. The molecule has 2 aromatic rings. The van der Waals surface area contributed by atoms with Gasteiger partial charge in [0.05, 0.1) is 6.04 Å². The van der Waals surface area contributed by atoms with Gasteiger partial charge in [0.2, 0.25) is 5.91 Å². The van der Waals surface area contributed by atoms with Crippen LogP contribution in [0, 0.1) is 6.92 Å². The van der Waals surface area contributed by atoms with Crippen LogP contribution in [0.1, 0.15) is 17.5 Å². The van der Waals surface area contributed by atoms with Crippen molar-refractivity contribution in [1.29, 1.82) is 0 Å². The first kappa shape index (κ1) is 16.5. The summed E-state index contributed by atoms with van der Waals surface area (Å²) >= 11 is 0. The van der Waals surface area contributed by atoms with Gasteiger partial charge in [-0.15, -0.1) is 0 Å². The summed E-state index contributed by atoms with van der Waals surface area (Å²) in [6, 6.07) is 7.97. The first-order valence-corrected chi connectivity index (χ1v) is 8.16. The molecule has 6 nitrogen and oxygen atoms in total. The van der Waals surface area contributed by atoms with Gasteiger partial charge in [0.1, 0.15) is 0 Å². The molecule has 3 N–H and O–H groups in total. The van der Waals surface area contributed by atoms with Gasteiger partial charge in [0, 0.05) is 49.7 Å². The van der Waals surface area contributed by atoms with Crippen LogP contribution >= 0.6 is 0 Å². The van der Waals surface area contributed by atoms with E-state index in [1.165, 1.54) is 5.56 Å². The quantitative estimate of drug-likeness (QED) is 0.879. The van der Waals surface area contributed by atoms with Crippen LogP contribution in [0.4, 0.5) is 0 Å². The van der Waals surface area contributed by atoms with Gasteiger partial charge in [-0.3, -0.25) is 9.69 Å². The lowest BCUT2D eigenvalue weighted by molar-refractivity contribution is -0.125. The van der Waals surface area contributed by atoms with Gasteiger partial charge in [0.25, 0.3) is 0 Å². The zero-order valence-corrected chi connectivity index (χ0v) is 14.1. The molecule has 0 saturated carbocycles. The standard InChI is InChI=1S/C18H23N5O/c1-12-4-3-5-14(6-12)17-21-8-13(9-22-17)10-23-11-15(19)7-16(23)18(24)20-2/h3-6,8-9,15-16H,7,10-11,19H2,1-2H3,(H,20,24)/t15-,16+/m1/s1. The highest BCUT2D eigenvalue weighted by atomic mass is 16.2. The van der Waals surface area contributed by atoms with Crippen molar-refractivity contribution in [2.75, 3.05) is 13.6 Å². The van der Waals surface area contributed by atoms with Crippen LogP contribution in [0.3, 0.4) is 0 Å². The summed E-state index contributed by atoms with van der Waals surface area (Å²) in [7, 11) is 1.66. The van der Waals surface area contributed by atoms with E-state index >= 15 is 0 Å². The number of rotatable bonds is 4. The van der Waals surface area contributed by atoms with E-state index in [2.05, 4.69) is 26.3 Å². The molecule has 126 valence electrons. The van der Waals surface area contributed by atoms with E-state index in [1.54, 1.807) is 7.05 Å². The molecule has 1 aliphatic heterocycles. The van der Waals surface area contributed by atoms with Crippen molar-refractivity contribution in [3.8, 4) is 11.4 Å². The second-order valence-electron chi connectivity index (χ2n) is 6.34. The first-order valence-electron chi connectivity index (χ1n) is 8.16. The van der Waals surface area contributed by atoms with Crippen LogP contribution in [-0.2, 0) is 11.3 Å². The van der Waals surface area contributed by atoms with Crippen molar-refractivity contribution >= 4 is 5.91 Å². The number of nitrogens with one attached hydrogen (secondary N) is 1. The Morgan fingerprint density at radius 2 is 2.12 bits per heavy atom. The Labute approximate surface area is 142 Å². The number of hydrogen-bond donors (Lipinski definition) is 2. The van der Waals surface area contributed by atoms with Crippen LogP contribution in [0.15, 0.2) is 36.7 Å². The highest BCUT2D eigenvalue weighted by Crippen LogP contribution is 2.20. The second kappa shape index (κ2) is 7.07. The molecule has 0 aliphatic carbocycles. The maximum absolute atomic E-state index is 12.0. The number of nitrogens with two attached hydrogens (primary N) is 1. The van der Waals surface area contributed by atoms with Crippen molar-refractivity contribution in [3.05, 3.63) is 47.8 Å².